The topological polar surface area (TPSA) is 100 Å². The van der Waals surface area contributed by atoms with Gasteiger partial charge < -0.3 is 16.0 Å². The summed E-state index contributed by atoms with van der Waals surface area (Å²) < 4.78 is 0. The van der Waals surface area contributed by atoms with Crippen molar-refractivity contribution < 1.29 is 14.4 Å². The van der Waals surface area contributed by atoms with Gasteiger partial charge in [0.05, 0.1) is 5.25 Å². The summed E-state index contributed by atoms with van der Waals surface area (Å²) in [6.07, 6.45) is 4.81. The molecule has 4 rings (SSSR count). The number of aromatic nitrogens is 1. The van der Waals surface area contributed by atoms with Crippen LogP contribution in [0.2, 0.25) is 0 Å². The molecule has 1 atom stereocenters. The lowest BCUT2D eigenvalue weighted by molar-refractivity contribution is -0.115. The van der Waals surface area contributed by atoms with Gasteiger partial charge in [0.2, 0.25) is 5.91 Å². The number of benzene rings is 3. The highest BCUT2D eigenvalue weighted by atomic mass is 32.2. The van der Waals surface area contributed by atoms with Crippen LogP contribution in [0.4, 0.5) is 11.4 Å². The van der Waals surface area contributed by atoms with Crippen molar-refractivity contribution in [2.45, 2.75) is 30.9 Å². The van der Waals surface area contributed by atoms with E-state index in [4.69, 9.17) is 0 Å². The van der Waals surface area contributed by atoms with Gasteiger partial charge in [0, 0.05) is 34.2 Å². The van der Waals surface area contributed by atoms with Crippen molar-refractivity contribution in [2.24, 2.45) is 0 Å². The molecule has 0 saturated carbocycles. The van der Waals surface area contributed by atoms with Gasteiger partial charge in [-0.15, -0.1) is 11.8 Å². The number of nitrogens with zero attached hydrogens (tertiary/aromatic N) is 1. The highest BCUT2D eigenvalue weighted by molar-refractivity contribution is 8.00. The Morgan fingerprint density at radius 1 is 0.875 bits per heavy atom. The van der Waals surface area contributed by atoms with E-state index in [1.165, 1.54) is 11.8 Å². The van der Waals surface area contributed by atoms with Crippen molar-refractivity contribution in [1.29, 1.82) is 0 Å². The fourth-order valence-corrected chi connectivity index (χ4v) is 4.62. The molecule has 7 nitrogen and oxygen atoms in total. The summed E-state index contributed by atoms with van der Waals surface area (Å²) in [6, 6.07) is 25.4. The monoisotopic (exact) mass is 550 g/mol. The van der Waals surface area contributed by atoms with E-state index in [9.17, 15) is 14.4 Å². The average Bonchev–Trinajstić information content (AvgIpc) is 2.96. The molecule has 202 valence electrons. The second-order valence-corrected chi connectivity index (χ2v) is 10.6. The molecule has 0 saturated heterocycles. The molecule has 0 aliphatic rings. The van der Waals surface area contributed by atoms with Crippen LogP contribution in [0.3, 0.4) is 0 Å². The molecular weight excluding hydrogens is 520 g/mol. The Labute approximate surface area is 238 Å². The summed E-state index contributed by atoms with van der Waals surface area (Å²) in [5.41, 5.74) is 4.63. The van der Waals surface area contributed by atoms with Crippen LogP contribution in [-0.2, 0) is 9.59 Å². The third kappa shape index (κ3) is 7.91. The van der Waals surface area contributed by atoms with Crippen LogP contribution in [0, 0.1) is 13.8 Å². The van der Waals surface area contributed by atoms with Crippen LogP contribution in [0.5, 0.6) is 0 Å². The van der Waals surface area contributed by atoms with Crippen molar-refractivity contribution in [3.05, 3.63) is 125 Å². The number of pyridine rings is 1. The molecule has 1 unspecified atom stereocenters. The molecule has 0 spiro atoms. The third-order valence-electron chi connectivity index (χ3n) is 5.97. The minimum Gasteiger partial charge on any atom is -0.325 e. The Morgan fingerprint density at radius 2 is 1.62 bits per heavy atom. The Kier molecular flexibility index (Phi) is 9.48. The number of rotatable bonds is 9. The normalized spacial score (nSPS) is 11.8. The lowest BCUT2D eigenvalue weighted by atomic mass is 10.1. The van der Waals surface area contributed by atoms with Crippen LogP contribution in [-0.4, -0.2) is 28.0 Å². The zero-order chi connectivity index (χ0) is 28.5. The Hall–Kier alpha value is -4.69. The molecule has 0 radical (unpaired) electrons. The highest BCUT2D eigenvalue weighted by Crippen LogP contribution is 2.26. The van der Waals surface area contributed by atoms with Crippen LogP contribution in [0.25, 0.3) is 6.08 Å². The predicted molar refractivity (Wildman–Crippen MR) is 161 cm³/mol. The zero-order valence-electron chi connectivity index (χ0n) is 22.5. The molecule has 40 heavy (non-hydrogen) atoms. The third-order valence-corrected chi connectivity index (χ3v) is 7.08. The SMILES string of the molecule is Cc1ccc(C)c(NC(=O)C(C)Sc2ccc(NC(=O)/C(=C/c3cccnc3)NC(=O)c3ccccc3)cc2)c1. The summed E-state index contributed by atoms with van der Waals surface area (Å²) in [4.78, 5) is 43.7. The van der Waals surface area contributed by atoms with E-state index in [2.05, 4.69) is 20.9 Å². The molecule has 4 aromatic rings. The molecule has 3 aromatic carbocycles. The maximum atomic E-state index is 13.2. The zero-order valence-corrected chi connectivity index (χ0v) is 23.3. The number of hydrogen-bond acceptors (Lipinski definition) is 5. The number of carbonyl (C=O) groups is 3. The Bertz CT molecular complexity index is 1520. The molecule has 0 aliphatic heterocycles. The number of aryl methyl sites for hydroxylation is 2. The Balaban J connectivity index is 1.41. The molecule has 8 heteroatoms. The lowest BCUT2D eigenvalue weighted by Crippen LogP contribution is -2.30. The van der Waals surface area contributed by atoms with Crippen LogP contribution < -0.4 is 16.0 Å². The van der Waals surface area contributed by atoms with Gasteiger partial charge in [-0.25, -0.2) is 0 Å². The van der Waals surface area contributed by atoms with Crippen molar-refractivity contribution in [3.8, 4) is 0 Å². The number of amides is 3. The largest absolute Gasteiger partial charge is 0.325 e. The number of carbonyl (C=O) groups excluding carboxylic acids is 3. The Morgan fingerprint density at radius 3 is 2.33 bits per heavy atom. The van der Waals surface area contributed by atoms with E-state index in [1.54, 1.807) is 67.0 Å². The van der Waals surface area contributed by atoms with Crippen LogP contribution in [0.1, 0.15) is 34.0 Å². The van der Waals surface area contributed by atoms with E-state index in [0.717, 1.165) is 21.7 Å². The smallest absolute Gasteiger partial charge is 0.272 e. The predicted octanol–water partition coefficient (Wildman–Crippen LogP) is 6.23. The van der Waals surface area contributed by atoms with Crippen molar-refractivity contribution in [2.75, 3.05) is 10.6 Å². The number of nitrogens with one attached hydrogen (secondary N) is 3. The minimum atomic E-state index is -0.477. The highest BCUT2D eigenvalue weighted by Gasteiger charge is 2.17. The first-order valence-electron chi connectivity index (χ1n) is 12.7. The van der Waals surface area contributed by atoms with Gasteiger partial charge in [0.15, 0.2) is 0 Å². The van der Waals surface area contributed by atoms with Gasteiger partial charge in [0.1, 0.15) is 5.70 Å². The molecular formula is C32H30N4O3S. The van der Waals surface area contributed by atoms with Gasteiger partial charge in [-0.2, -0.15) is 0 Å². The van der Waals surface area contributed by atoms with Crippen molar-refractivity contribution >= 4 is 46.9 Å². The van der Waals surface area contributed by atoms with Gasteiger partial charge in [-0.05, 0) is 92.1 Å². The molecule has 1 heterocycles. The standard InChI is InChI=1S/C32H30N4O3S/c1-21-11-12-22(2)28(18-21)35-30(37)23(3)40-27-15-13-26(14-16-27)34-32(39)29(19-24-8-7-17-33-20-24)36-31(38)25-9-5-4-6-10-25/h4-20,23H,1-3H3,(H,34,39)(H,35,37)(H,36,38)/b29-19-. The maximum absolute atomic E-state index is 13.2. The van der Waals surface area contributed by atoms with E-state index < -0.39 is 11.8 Å². The number of anilines is 2. The summed E-state index contributed by atoms with van der Waals surface area (Å²) in [6.45, 7) is 5.80. The first kappa shape index (κ1) is 28.3. The van der Waals surface area contributed by atoms with Gasteiger partial charge >= 0.3 is 0 Å². The second-order valence-electron chi connectivity index (χ2n) is 9.21. The van der Waals surface area contributed by atoms with Gasteiger partial charge in [-0.1, -0.05) is 36.4 Å². The second kappa shape index (κ2) is 13.4. The molecule has 0 aliphatic carbocycles. The fraction of sp³-hybridized carbons (Fsp3) is 0.125. The quantitative estimate of drug-likeness (QED) is 0.170. The fourth-order valence-electron chi connectivity index (χ4n) is 3.75. The number of hydrogen-bond donors (Lipinski definition) is 3. The van der Waals surface area contributed by atoms with Crippen LogP contribution >= 0.6 is 11.8 Å². The van der Waals surface area contributed by atoms with E-state index in [1.807, 2.05) is 57.2 Å². The van der Waals surface area contributed by atoms with E-state index in [0.29, 0.717) is 16.8 Å². The minimum absolute atomic E-state index is 0.0806. The molecule has 3 amide bonds. The molecule has 3 N–H and O–H groups in total. The van der Waals surface area contributed by atoms with Gasteiger partial charge in [0.25, 0.3) is 11.8 Å². The molecule has 0 fully saturated rings. The summed E-state index contributed by atoms with van der Waals surface area (Å²) in [7, 11) is 0. The molecule has 1 aromatic heterocycles. The summed E-state index contributed by atoms with van der Waals surface area (Å²) in [5, 5.41) is 8.22. The van der Waals surface area contributed by atoms with Crippen LogP contribution in [0.15, 0.2) is 108 Å². The summed E-state index contributed by atoms with van der Waals surface area (Å²) >= 11 is 1.42. The first-order valence-corrected chi connectivity index (χ1v) is 13.6. The first-order chi connectivity index (χ1) is 19.3. The molecule has 0 bridgehead atoms. The van der Waals surface area contributed by atoms with E-state index in [-0.39, 0.29) is 16.9 Å². The van der Waals surface area contributed by atoms with E-state index >= 15 is 0 Å². The average molecular weight is 551 g/mol. The summed E-state index contributed by atoms with van der Waals surface area (Å²) in [5.74, 6) is -0.962. The van der Waals surface area contributed by atoms with Crippen molar-refractivity contribution in [3.63, 3.8) is 0 Å². The lowest BCUT2D eigenvalue weighted by Gasteiger charge is -2.15. The maximum Gasteiger partial charge on any atom is 0.272 e. The van der Waals surface area contributed by atoms with Crippen molar-refractivity contribution in [1.82, 2.24) is 10.3 Å². The van der Waals surface area contributed by atoms with Gasteiger partial charge in [-0.3, -0.25) is 19.4 Å². The number of thioether (sulfide) groups is 1.